The first-order chi connectivity index (χ1) is 12.4. The van der Waals surface area contributed by atoms with Gasteiger partial charge in [0.05, 0.1) is 18.9 Å². The second kappa shape index (κ2) is 6.79. The molecule has 0 aliphatic heterocycles. The highest BCUT2D eigenvalue weighted by Crippen LogP contribution is 2.17. The Kier molecular flexibility index (Phi) is 4.53. The summed E-state index contributed by atoms with van der Waals surface area (Å²) >= 11 is 0. The van der Waals surface area contributed by atoms with Crippen molar-refractivity contribution in [3.05, 3.63) is 52.2 Å². The third kappa shape index (κ3) is 3.18. The van der Waals surface area contributed by atoms with Crippen LogP contribution in [-0.4, -0.2) is 38.3 Å². The average molecular weight is 355 g/mol. The summed E-state index contributed by atoms with van der Waals surface area (Å²) in [6, 6.07) is 4.80. The maximum absolute atomic E-state index is 12.4. The highest BCUT2D eigenvalue weighted by molar-refractivity contribution is 5.94. The summed E-state index contributed by atoms with van der Waals surface area (Å²) in [7, 11) is 2.99. The normalized spacial score (nSPS) is 10.7. The topological polar surface area (TPSA) is 108 Å². The molecule has 2 heterocycles. The van der Waals surface area contributed by atoms with Gasteiger partial charge in [-0.05, 0) is 30.7 Å². The van der Waals surface area contributed by atoms with E-state index in [1.807, 2.05) is 0 Å². The molecule has 1 N–H and O–H groups in total. The van der Waals surface area contributed by atoms with E-state index in [1.54, 1.807) is 32.2 Å². The van der Waals surface area contributed by atoms with Crippen LogP contribution in [0.15, 0.2) is 35.5 Å². The number of fused-ring (bicyclic) bond motifs is 1. The molecule has 9 heteroatoms. The zero-order valence-corrected chi connectivity index (χ0v) is 14.5. The molecule has 0 atom stereocenters. The molecule has 0 saturated heterocycles. The number of amides is 1. The SMILES string of the molecule is COC(=O)c1ccc(NC(=O)Cn2cnc3c(cnn3C)c2=O)c(C)c1. The molecule has 0 unspecified atom stereocenters. The Labute approximate surface area is 148 Å². The van der Waals surface area contributed by atoms with E-state index in [9.17, 15) is 14.4 Å². The minimum atomic E-state index is -0.451. The van der Waals surface area contributed by atoms with Crippen LogP contribution in [0.1, 0.15) is 15.9 Å². The van der Waals surface area contributed by atoms with Crippen LogP contribution in [0.3, 0.4) is 0 Å². The Morgan fingerprint density at radius 1 is 1.31 bits per heavy atom. The summed E-state index contributed by atoms with van der Waals surface area (Å²) in [5.74, 6) is -0.834. The van der Waals surface area contributed by atoms with Crippen LogP contribution in [-0.2, 0) is 23.1 Å². The number of carbonyl (C=O) groups is 2. The predicted molar refractivity (Wildman–Crippen MR) is 93.9 cm³/mol. The van der Waals surface area contributed by atoms with E-state index in [4.69, 9.17) is 0 Å². The highest BCUT2D eigenvalue weighted by atomic mass is 16.5. The monoisotopic (exact) mass is 355 g/mol. The zero-order valence-electron chi connectivity index (χ0n) is 14.5. The van der Waals surface area contributed by atoms with Crippen LogP contribution >= 0.6 is 0 Å². The Morgan fingerprint density at radius 3 is 2.77 bits per heavy atom. The van der Waals surface area contributed by atoms with Crippen LogP contribution in [0.4, 0.5) is 5.69 Å². The number of carbonyl (C=O) groups excluding carboxylic acids is 2. The molecule has 0 bridgehead atoms. The third-order valence-electron chi connectivity index (χ3n) is 3.95. The fourth-order valence-corrected chi connectivity index (χ4v) is 2.57. The molecule has 0 aliphatic carbocycles. The summed E-state index contributed by atoms with van der Waals surface area (Å²) in [5, 5.41) is 7.06. The van der Waals surface area contributed by atoms with Gasteiger partial charge in [0.1, 0.15) is 18.3 Å². The lowest BCUT2D eigenvalue weighted by Gasteiger charge is -2.10. The molecule has 0 spiro atoms. The quantitative estimate of drug-likeness (QED) is 0.696. The van der Waals surface area contributed by atoms with Crippen molar-refractivity contribution in [2.24, 2.45) is 7.05 Å². The van der Waals surface area contributed by atoms with Crippen molar-refractivity contribution in [3.63, 3.8) is 0 Å². The van der Waals surface area contributed by atoms with Crippen molar-refractivity contribution in [2.75, 3.05) is 12.4 Å². The molecule has 2 aromatic heterocycles. The van der Waals surface area contributed by atoms with Crippen molar-refractivity contribution in [1.82, 2.24) is 19.3 Å². The Hall–Kier alpha value is -3.49. The first-order valence-corrected chi connectivity index (χ1v) is 7.76. The number of nitrogens with one attached hydrogen (secondary N) is 1. The molecule has 0 fully saturated rings. The summed E-state index contributed by atoms with van der Waals surface area (Å²) in [6.45, 7) is 1.58. The maximum Gasteiger partial charge on any atom is 0.337 e. The number of hydrogen-bond donors (Lipinski definition) is 1. The molecule has 26 heavy (non-hydrogen) atoms. The van der Waals surface area contributed by atoms with Gasteiger partial charge in [0, 0.05) is 12.7 Å². The van der Waals surface area contributed by atoms with Crippen molar-refractivity contribution < 1.29 is 14.3 Å². The second-order valence-corrected chi connectivity index (χ2v) is 5.75. The van der Waals surface area contributed by atoms with Crippen LogP contribution in [0.2, 0.25) is 0 Å². The third-order valence-corrected chi connectivity index (χ3v) is 3.95. The standard InChI is InChI=1S/C17H17N5O4/c1-10-6-11(17(25)26-3)4-5-13(10)20-14(23)8-22-9-18-15-12(16(22)24)7-19-21(15)2/h4-7,9H,8H2,1-3H3,(H,20,23). The zero-order chi connectivity index (χ0) is 18.8. The number of methoxy groups -OCH3 is 1. The van der Waals surface area contributed by atoms with E-state index in [2.05, 4.69) is 20.1 Å². The molecule has 0 aliphatic rings. The van der Waals surface area contributed by atoms with Crippen LogP contribution < -0.4 is 10.9 Å². The summed E-state index contributed by atoms with van der Waals surface area (Å²) in [4.78, 5) is 40.4. The summed E-state index contributed by atoms with van der Waals surface area (Å²) in [6.07, 6.45) is 2.74. The Balaban J connectivity index is 1.78. The van der Waals surface area contributed by atoms with Gasteiger partial charge in [-0.25, -0.2) is 9.78 Å². The van der Waals surface area contributed by atoms with Gasteiger partial charge in [0.25, 0.3) is 5.56 Å². The van der Waals surface area contributed by atoms with Gasteiger partial charge in [-0.3, -0.25) is 18.8 Å². The van der Waals surface area contributed by atoms with Gasteiger partial charge in [-0.1, -0.05) is 0 Å². The molecule has 0 saturated carbocycles. The first kappa shape index (κ1) is 17.3. The van der Waals surface area contributed by atoms with Crippen LogP contribution in [0.25, 0.3) is 11.0 Å². The summed E-state index contributed by atoms with van der Waals surface area (Å²) in [5.41, 5.74) is 1.77. The number of nitrogens with zero attached hydrogens (tertiary/aromatic N) is 4. The number of benzene rings is 1. The highest BCUT2D eigenvalue weighted by Gasteiger charge is 2.13. The van der Waals surface area contributed by atoms with Gasteiger partial charge < -0.3 is 10.1 Å². The minimum Gasteiger partial charge on any atom is -0.465 e. The number of ether oxygens (including phenoxy) is 1. The molecule has 9 nitrogen and oxygen atoms in total. The smallest absolute Gasteiger partial charge is 0.337 e. The van der Waals surface area contributed by atoms with Crippen molar-refractivity contribution in [1.29, 1.82) is 0 Å². The molecular weight excluding hydrogens is 338 g/mol. The van der Waals surface area contributed by atoms with Crippen molar-refractivity contribution in [2.45, 2.75) is 13.5 Å². The van der Waals surface area contributed by atoms with Gasteiger partial charge >= 0.3 is 5.97 Å². The fourth-order valence-electron chi connectivity index (χ4n) is 2.57. The molecular formula is C17H17N5O4. The molecule has 0 radical (unpaired) electrons. The molecule has 134 valence electrons. The van der Waals surface area contributed by atoms with E-state index >= 15 is 0 Å². The molecule has 1 amide bonds. The number of rotatable bonds is 4. The number of anilines is 1. The van der Waals surface area contributed by atoms with E-state index in [0.717, 1.165) is 0 Å². The Bertz CT molecular complexity index is 1070. The van der Waals surface area contributed by atoms with E-state index < -0.39 is 5.97 Å². The molecule has 3 aromatic rings. The van der Waals surface area contributed by atoms with Crippen molar-refractivity contribution in [3.8, 4) is 0 Å². The number of hydrogen-bond acceptors (Lipinski definition) is 6. The van der Waals surface area contributed by atoms with E-state index in [-0.39, 0.29) is 18.0 Å². The minimum absolute atomic E-state index is 0.186. The second-order valence-electron chi connectivity index (χ2n) is 5.75. The molecule has 3 rings (SSSR count). The number of aromatic nitrogens is 4. The lowest BCUT2D eigenvalue weighted by molar-refractivity contribution is -0.116. The predicted octanol–water partition coefficient (Wildman–Crippen LogP) is 0.864. The molecule has 1 aromatic carbocycles. The van der Waals surface area contributed by atoms with Gasteiger partial charge in [0.2, 0.25) is 5.91 Å². The lowest BCUT2D eigenvalue weighted by atomic mass is 10.1. The van der Waals surface area contributed by atoms with E-state index in [1.165, 1.54) is 28.9 Å². The van der Waals surface area contributed by atoms with Crippen LogP contribution in [0, 0.1) is 6.92 Å². The summed E-state index contributed by atoms with van der Waals surface area (Å²) < 4.78 is 7.38. The van der Waals surface area contributed by atoms with Gasteiger partial charge in [-0.2, -0.15) is 5.10 Å². The van der Waals surface area contributed by atoms with Gasteiger partial charge in [-0.15, -0.1) is 0 Å². The maximum atomic E-state index is 12.4. The number of aryl methyl sites for hydroxylation is 2. The lowest BCUT2D eigenvalue weighted by Crippen LogP contribution is -2.28. The fraction of sp³-hybridized carbons (Fsp3) is 0.235. The van der Waals surface area contributed by atoms with E-state index in [0.29, 0.717) is 27.8 Å². The number of esters is 1. The largest absolute Gasteiger partial charge is 0.465 e. The van der Waals surface area contributed by atoms with Crippen molar-refractivity contribution >= 4 is 28.6 Å². The van der Waals surface area contributed by atoms with Crippen LogP contribution in [0.5, 0.6) is 0 Å². The average Bonchev–Trinajstić information content (AvgIpc) is 3.00. The van der Waals surface area contributed by atoms with Gasteiger partial charge in [0.15, 0.2) is 5.65 Å². The first-order valence-electron chi connectivity index (χ1n) is 7.76. The Morgan fingerprint density at radius 2 is 2.08 bits per heavy atom.